The second-order valence-corrected chi connectivity index (χ2v) is 4.93. The summed E-state index contributed by atoms with van der Waals surface area (Å²) < 4.78 is 15.1. The van der Waals surface area contributed by atoms with Crippen molar-refractivity contribution in [2.75, 3.05) is 6.54 Å². The summed E-state index contributed by atoms with van der Waals surface area (Å²) in [5, 5.41) is 6.84. The summed E-state index contributed by atoms with van der Waals surface area (Å²) in [5.41, 5.74) is 1.46. The zero-order chi connectivity index (χ0) is 13.8. The number of amides is 1. The third kappa shape index (κ3) is 3.41. The third-order valence-corrected chi connectivity index (χ3v) is 3.42. The average Bonchev–Trinajstić information content (AvgIpc) is 2.75. The van der Waals surface area contributed by atoms with E-state index in [4.69, 9.17) is 0 Å². The first-order chi connectivity index (χ1) is 9.08. The molecular formula is C13H13BrFN3O. The number of aromatic nitrogens is 2. The zero-order valence-electron chi connectivity index (χ0n) is 10.4. The predicted molar refractivity (Wildman–Crippen MR) is 73.3 cm³/mol. The highest BCUT2D eigenvalue weighted by atomic mass is 79.9. The minimum Gasteiger partial charge on any atom is -0.352 e. The fraction of sp³-hybridized carbons (Fsp3) is 0.231. The van der Waals surface area contributed by atoms with Gasteiger partial charge in [0.1, 0.15) is 5.82 Å². The number of nitrogens with zero attached hydrogens (tertiary/aromatic N) is 2. The molecular weight excluding hydrogens is 313 g/mol. The van der Waals surface area contributed by atoms with E-state index in [2.05, 4.69) is 26.3 Å². The van der Waals surface area contributed by atoms with E-state index in [1.54, 1.807) is 10.9 Å². The van der Waals surface area contributed by atoms with Gasteiger partial charge in [0.2, 0.25) is 0 Å². The monoisotopic (exact) mass is 325 g/mol. The van der Waals surface area contributed by atoms with E-state index in [9.17, 15) is 9.18 Å². The van der Waals surface area contributed by atoms with Crippen LogP contribution in [0, 0.1) is 5.82 Å². The number of hydrogen-bond acceptors (Lipinski definition) is 2. The Hall–Kier alpha value is -1.69. The van der Waals surface area contributed by atoms with Crippen LogP contribution in [-0.2, 0) is 13.5 Å². The van der Waals surface area contributed by atoms with Gasteiger partial charge in [0.15, 0.2) is 0 Å². The number of carbonyl (C=O) groups excluding carboxylic acids is 1. The van der Waals surface area contributed by atoms with Crippen LogP contribution in [0.3, 0.4) is 0 Å². The minimum atomic E-state index is -0.377. The van der Waals surface area contributed by atoms with Gasteiger partial charge in [-0.2, -0.15) is 5.10 Å². The maximum atomic E-state index is 12.9. The van der Waals surface area contributed by atoms with Crippen LogP contribution in [0.4, 0.5) is 4.39 Å². The molecule has 0 radical (unpaired) electrons. The fourth-order valence-electron chi connectivity index (χ4n) is 1.72. The molecule has 0 saturated heterocycles. The molecule has 0 bridgehead atoms. The van der Waals surface area contributed by atoms with Crippen LogP contribution in [0.5, 0.6) is 0 Å². The molecule has 0 spiro atoms. The highest BCUT2D eigenvalue weighted by molar-refractivity contribution is 9.10. The molecule has 0 aliphatic carbocycles. The summed E-state index contributed by atoms with van der Waals surface area (Å²) in [4.78, 5) is 11.9. The lowest BCUT2D eigenvalue weighted by molar-refractivity contribution is 0.0953. The molecule has 2 aromatic rings. The Labute approximate surface area is 118 Å². The molecule has 2 rings (SSSR count). The highest BCUT2D eigenvalue weighted by Crippen LogP contribution is 2.17. The first-order valence-electron chi connectivity index (χ1n) is 5.78. The Morgan fingerprint density at radius 1 is 1.47 bits per heavy atom. The molecule has 0 fully saturated rings. The number of benzene rings is 1. The largest absolute Gasteiger partial charge is 0.352 e. The maximum absolute atomic E-state index is 12.9. The minimum absolute atomic E-state index is 0.228. The van der Waals surface area contributed by atoms with Gasteiger partial charge in [-0.05, 0) is 40.2 Å². The number of hydrogen-bond donors (Lipinski definition) is 1. The van der Waals surface area contributed by atoms with Gasteiger partial charge in [-0.15, -0.1) is 0 Å². The lowest BCUT2D eigenvalue weighted by Crippen LogP contribution is -2.26. The molecule has 1 aromatic carbocycles. The number of aryl methyl sites for hydroxylation is 1. The van der Waals surface area contributed by atoms with Crippen LogP contribution in [0.15, 0.2) is 34.9 Å². The van der Waals surface area contributed by atoms with Crippen LogP contribution in [0.1, 0.15) is 16.1 Å². The summed E-state index contributed by atoms with van der Waals surface area (Å²) in [6.45, 7) is 0.502. The molecule has 100 valence electrons. The van der Waals surface area contributed by atoms with Gasteiger partial charge in [0, 0.05) is 36.4 Å². The Morgan fingerprint density at radius 2 is 2.26 bits per heavy atom. The van der Waals surface area contributed by atoms with E-state index in [-0.39, 0.29) is 11.7 Å². The average molecular weight is 326 g/mol. The summed E-state index contributed by atoms with van der Waals surface area (Å²) in [5.74, 6) is -0.604. The van der Waals surface area contributed by atoms with Gasteiger partial charge >= 0.3 is 0 Å². The van der Waals surface area contributed by atoms with Gasteiger partial charge < -0.3 is 5.32 Å². The van der Waals surface area contributed by atoms with E-state index in [0.29, 0.717) is 23.0 Å². The lowest BCUT2D eigenvalue weighted by atomic mass is 10.2. The molecule has 0 aliphatic rings. The molecule has 19 heavy (non-hydrogen) atoms. The van der Waals surface area contributed by atoms with Gasteiger partial charge in [0.05, 0.1) is 5.56 Å². The standard InChI is InChI=1S/C13H13BrFN3O/c1-18-10(5-7-17-18)4-6-16-13(19)11-3-2-9(15)8-12(11)14/h2-3,5,7-8H,4,6H2,1H3,(H,16,19). The SMILES string of the molecule is Cn1nccc1CCNC(=O)c1ccc(F)cc1Br. The summed E-state index contributed by atoms with van der Waals surface area (Å²) in [6.07, 6.45) is 2.41. The number of carbonyl (C=O) groups is 1. The third-order valence-electron chi connectivity index (χ3n) is 2.76. The van der Waals surface area contributed by atoms with Crippen molar-refractivity contribution >= 4 is 21.8 Å². The number of nitrogens with one attached hydrogen (secondary N) is 1. The second kappa shape index (κ2) is 5.97. The van der Waals surface area contributed by atoms with E-state index in [1.165, 1.54) is 18.2 Å². The van der Waals surface area contributed by atoms with E-state index in [0.717, 1.165) is 5.69 Å². The first kappa shape index (κ1) is 13.7. The molecule has 1 aromatic heterocycles. The van der Waals surface area contributed by atoms with E-state index >= 15 is 0 Å². The van der Waals surface area contributed by atoms with Crippen molar-refractivity contribution in [2.24, 2.45) is 7.05 Å². The van der Waals surface area contributed by atoms with Crippen molar-refractivity contribution in [2.45, 2.75) is 6.42 Å². The molecule has 1 heterocycles. The zero-order valence-corrected chi connectivity index (χ0v) is 11.9. The van der Waals surface area contributed by atoms with Gasteiger partial charge in [-0.3, -0.25) is 9.48 Å². The van der Waals surface area contributed by atoms with Crippen molar-refractivity contribution in [1.82, 2.24) is 15.1 Å². The molecule has 0 saturated carbocycles. The van der Waals surface area contributed by atoms with Crippen molar-refractivity contribution in [3.63, 3.8) is 0 Å². The molecule has 1 amide bonds. The lowest BCUT2D eigenvalue weighted by Gasteiger charge is -2.07. The highest BCUT2D eigenvalue weighted by Gasteiger charge is 2.10. The smallest absolute Gasteiger partial charge is 0.252 e. The Morgan fingerprint density at radius 3 is 2.89 bits per heavy atom. The molecule has 0 unspecified atom stereocenters. The predicted octanol–water partition coefficient (Wildman–Crippen LogP) is 2.29. The van der Waals surface area contributed by atoms with Crippen LogP contribution >= 0.6 is 15.9 Å². The Bertz CT molecular complexity index is 597. The first-order valence-corrected chi connectivity index (χ1v) is 6.57. The normalized spacial score (nSPS) is 10.5. The number of halogens is 2. The van der Waals surface area contributed by atoms with E-state index < -0.39 is 0 Å². The van der Waals surface area contributed by atoms with E-state index in [1.807, 2.05) is 13.1 Å². The topological polar surface area (TPSA) is 46.9 Å². The van der Waals surface area contributed by atoms with Crippen LogP contribution in [-0.4, -0.2) is 22.2 Å². The molecule has 4 nitrogen and oxygen atoms in total. The fourth-order valence-corrected chi connectivity index (χ4v) is 2.25. The molecule has 1 N–H and O–H groups in total. The van der Waals surface area contributed by atoms with Crippen LogP contribution in [0.2, 0.25) is 0 Å². The Balaban J connectivity index is 1.93. The second-order valence-electron chi connectivity index (χ2n) is 4.08. The number of rotatable bonds is 4. The maximum Gasteiger partial charge on any atom is 0.252 e. The van der Waals surface area contributed by atoms with Gasteiger partial charge in [-0.1, -0.05) is 0 Å². The quantitative estimate of drug-likeness (QED) is 0.937. The summed E-state index contributed by atoms with van der Waals surface area (Å²) >= 11 is 3.18. The molecule has 0 aliphatic heterocycles. The molecule has 6 heteroatoms. The van der Waals surface area contributed by atoms with Crippen molar-refractivity contribution in [1.29, 1.82) is 0 Å². The van der Waals surface area contributed by atoms with Crippen molar-refractivity contribution in [3.8, 4) is 0 Å². The summed E-state index contributed by atoms with van der Waals surface area (Å²) in [6, 6.07) is 5.90. The van der Waals surface area contributed by atoms with Gasteiger partial charge in [-0.25, -0.2) is 4.39 Å². The van der Waals surface area contributed by atoms with Crippen molar-refractivity contribution < 1.29 is 9.18 Å². The van der Waals surface area contributed by atoms with Crippen molar-refractivity contribution in [3.05, 3.63) is 52.0 Å². The molecule has 0 atom stereocenters. The van der Waals surface area contributed by atoms with Crippen LogP contribution in [0.25, 0.3) is 0 Å². The van der Waals surface area contributed by atoms with Gasteiger partial charge in [0.25, 0.3) is 5.91 Å². The Kier molecular flexibility index (Phi) is 4.31. The van der Waals surface area contributed by atoms with Crippen LogP contribution < -0.4 is 5.32 Å². The summed E-state index contributed by atoms with van der Waals surface area (Å²) in [7, 11) is 1.85.